The van der Waals surface area contributed by atoms with Crippen molar-refractivity contribution in [2.75, 3.05) is 17.2 Å². The van der Waals surface area contributed by atoms with Crippen molar-refractivity contribution in [1.29, 1.82) is 0 Å². The van der Waals surface area contributed by atoms with Gasteiger partial charge in [0.15, 0.2) is 0 Å². The summed E-state index contributed by atoms with van der Waals surface area (Å²) in [5, 5.41) is 19.6. The van der Waals surface area contributed by atoms with Gasteiger partial charge in [-0.2, -0.15) is 4.98 Å². The van der Waals surface area contributed by atoms with Crippen molar-refractivity contribution in [1.82, 2.24) is 24.8 Å². The zero-order valence-corrected chi connectivity index (χ0v) is 22.9. The van der Waals surface area contributed by atoms with Gasteiger partial charge in [0.25, 0.3) is 5.91 Å². The number of carbonyl (C=O) groups excluding carboxylic acids is 1. The van der Waals surface area contributed by atoms with Crippen molar-refractivity contribution in [2.45, 2.75) is 64.1 Å². The molecular weight excluding hydrogens is 502 g/mol. The number of unbranched alkanes of at least 4 members (excludes halogenated alkanes) is 1. The molecule has 0 bridgehead atoms. The minimum Gasteiger partial charge on any atom is -0.393 e. The van der Waals surface area contributed by atoms with E-state index in [1.807, 2.05) is 65.4 Å². The third-order valence-electron chi connectivity index (χ3n) is 7.22. The highest BCUT2D eigenvalue weighted by atomic mass is 16.3. The second kappa shape index (κ2) is 13.2. The number of aliphatic hydroxyl groups excluding tert-OH is 1. The van der Waals surface area contributed by atoms with E-state index in [2.05, 4.69) is 37.8 Å². The third kappa shape index (κ3) is 7.04. The average molecular weight is 540 g/mol. The number of imidazole rings is 1. The Morgan fingerprint density at radius 1 is 1.02 bits per heavy atom. The molecule has 0 radical (unpaired) electrons. The lowest BCUT2D eigenvalue weighted by Crippen LogP contribution is -2.31. The fourth-order valence-electron chi connectivity index (χ4n) is 4.82. The van der Waals surface area contributed by atoms with Crippen LogP contribution in [0.1, 0.15) is 61.4 Å². The van der Waals surface area contributed by atoms with E-state index in [4.69, 9.17) is 0 Å². The summed E-state index contributed by atoms with van der Waals surface area (Å²) in [6, 6.07) is 18.3. The van der Waals surface area contributed by atoms with Gasteiger partial charge in [-0.25, -0.2) is 9.97 Å². The fourth-order valence-corrected chi connectivity index (χ4v) is 4.82. The van der Waals surface area contributed by atoms with Crippen LogP contribution in [0.4, 0.5) is 11.8 Å². The zero-order chi connectivity index (χ0) is 27.7. The molecule has 2 aromatic heterocycles. The van der Waals surface area contributed by atoms with E-state index < -0.39 is 0 Å². The monoisotopic (exact) mass is 539 g/mol. The molecule has 9 nitrogen and oxygen atoms in total. The summed E-state index contributed by atoms with van der Waals surface area (Å²) in [6.45, 7) is 3.29. The lowest BCUT2D eigenvalue weighted by molar-refractivity contribution is 0.0950. The van der Waals surface area contributed by atoms with Crippen LogP contribution < -0.4 is 16.0 Å². The summed E-state index contributed by atoms with van der Waals surface area (Å²) < 4.78 is 1.99. The Kier molecular flexibility index (Phi) is 9.03. The first-order chi connectivity index (χ1) is 19.6. The molecule has 1 saturated carbocycles. The molecule has 4 N–H and O–H groups in total. The highest BCUT2D eigenvalue weighted by Crippen LogP contribution is 2.24. The van der Waals surface area contributed by atoms with E-state index in [1.165, 1.54) is 0 Å². The Labute approximate surface area is 235 Å². The van der Waals surface area contributed by atoms with Crippen LogP contribution in [-0.2, 0) is 6.54 Å². The predicted molar refractivity (Wildman–Crippen MR) is 157 cm³/mol. The number of aromatic nitrogens is 4. The van der Waals surface area contributed by atoms with E-state index in [-0.39, 0.29) is 18.1 Å². The van der Waals surface area contributed by atoms with Gasteiger partial charge >= 0.3 is 0 Å². The molecule has 5 rings (SSSR count). The lowest BCUT2D eigenvalue weighted by atomic mass is 9.93. The van der Waals surface area contributed by atoms with Gasteiger partial charge in [0.05, 0.1) is 18.1 Å². The van der Waals surface area contributed by atoms with Crippen LogP contribution in [0.5, 0.6) is 0 Å². The van der Waals surface area contributed by atoms with Gasteiger partial charge in [-0.3, -0.25) is 4.79 Å². The smallest absolute Gasteiger partial charge is 0.256 e. The Morgan fingerprint density at radius 3 is 2.55 bits per heavy atom. The molecule has 1 fully saturated rings. The number of nitrogens with zero attached hydrogens (tertiary/aromatic N) is 4. The van der Waals surface area contributed by atoms with Gasteiger partial charge < -0.3 is 25.6 Å². The van der Waals surface area contributed by atoms with Gasteiger partial charge in [0.2, 0.25) is 5.95 Å². The lowest BCUT2D eigenvalue weighted by Gasteiger charge is -2.27. The summed E-state index contributed by atoms with van der Waals surface area (Å²) in [6.07, 6.45) is 10.4. The van der Waals surface area contributed by atoms with E-state index in [0.717, 1.165) is 67.6 Å². The van der Waals surface area contributed by atoms with Gasteiger partial charge in [-0.1, -0.05) is 55.8 Å². The minimum atomic E-state index is -0.247. The molecule has 4 aromatic rings. The predicted octanol–water partition coefficient (Wildman–Crippen LogP) is 5.19. The number of hydrogen-bond donors (Lipinski definition) is 4. The van der Waals surface area contributed by atoms with Crippen molar-refractivity contribution in [3.8, 4) is 16.9 Å². The first kappa shape index (κ1) is 27.3. The van der Waals surface area contributed by atoms with Crippen molar-refractivity contribution in [3.05, 3.63) is 84.4 Å². The average Bonchev–Trinajstić information content (AvgIpc) is 3.49. The van der Waals surface area contributed by atoms with E-state index in [9.17, 15) is 9.90 Å². The molecule has 2 heterocycles. The summed E-state index contributed by atoms with van der Waals surface area (Å²) in [4.78, 5) is 26.8. The Hall–Kier alpha value is -4.24. The molecule has 1 aliphatic carbocycles. The van der Waals surface area contributed by atoms with Crippen LogP contribution in [-0.4, -0.2) is 49.2 Å². The minimum absolute atomic E-state index is 0.159. The SMILES string of the molecule is CCCCNc1ncc(C(=O)NCc2ccc(-n3cnc(-c4ccccc4)c3)cc2)c(NC2CCC(O)CC2)n1. The first-order valence-corrected chi connectivity index (χ1v) is 14.1. The number of carbonyl (C=O) groups is 1. The molecule has 1 aliphatic rings. The molecular formula is C31H37N7O2. The third-order valence-corrected chi connectivity index (χ3v) is 7.22. The number of anilines is 2. The molecule has 9 heteroatoms. The van der Waals surface area contributed by atoms with Crippen molar-refractivity contribution in [3.63, 3.8) is 0 Å². The summed E-state index contributed by atoms with van der Waals surface area (Å²) in [5.74, 6) is 0.802. The van der Waals surface area contributed by atoms with Gasteiger partial charge in [0, 0.05) is 42.8 Å². The summed E-state index contributed by atoms with van der Waals surface area (Å²) in [7, 11) is 0. The topological polar surface area (TPSA) is 117 Å². The Balaban J connectivity index is 1.23. The molecule has 40 heavy (non-hydrogen) atoms. The second-order valence-electron chi connectivity index (χ2n) is 10.3. The number of nitrogens with one attached hydrogen (secondary N) is 3. The van der Waals surface area contributed by atoms with Gasteiger partial charge in [-0.15, -0.1) is 0 Å². The van der Waals surface area contributed by atoms with Crippen LogP contribution in [0, 0.1) is 0 Å². The maximum absolute atomic E-state index is 13.2. The molecule has 1 amide bonds. The largest absolute Gasteiger partial charge is 0.393 e. The number of hydrogen-bond acceptors (Lipinski definition) is 7. The molecule has 0 spiro atoms. The van der Waals surface area contributed by atoms with Crippen LogP contribution >= 0.6 is 0 Å². The molecule has 0 atom stereocenters. The quantitative estimate of drug-likeness (QED) is 0.194. The summed E-state index contributed by atoms with van der Waals surface area (Å²) >= 11 is 0. The molecule has 2 aromatic carbocycles. The maximum atomic E-state index is 13.2. The molecule has 208 valence electrons. The van der Waals surface area contributed by atoms with Crippen LogP contribution in [0.2, 0.25) is 0 Å². The standard InChI is InChI=1S/C31H37N7O2/c1-2-3-17-32-31-34-19-27(29(37-31)36-24-11-15-26(39)16-12-24)30(40)33-18-22-9-13-25(14-10-22)38-20-28(35-21-38)23-7-5-4-6-8-23/h4-10,13-14,19-21,24,26,39H,2-3,11-12,15-18H2,1H3,(H,33,40)(H2,32,34,36,37). The maximum Gasteiger partial charge on any atom is 0.256 e. The van der Waals surface area contributed by atoms with Crippen LogP contribution in [0.15, 0.2) is 73.3 Å². The van der Waals surface area contributed by atoms with Crippen LogP contribution in [0.25, 0.3) is 16.9 Å². The van der Waals surface area contributed by atoms with Gasteiger partial charge in [-0.05, 0) is 49.8 Å². The molecule has 0 aliphatic heterocycles. The molecule has 0 saturated heterocycles. The van der Waals surface area contributed by atoms with Crippen molar-refractivity contribution in [2.24, 2.45) is 0 Å². The zero-order valence-electron chi connectivity index (χ0n) is 22.9. The number of rotatable bonds is 11. The van der Waals surface area contributed by atoms with Crippen LogP contribution in [0.3, 0.4) is 0 Å². The highest BCUT2D eigenvalue weighted by Gasteiger charge is 2.22. The number of benzene rings is 2. The first-order valence-electron chi connectivity index (χ1n) is 14.1. The number of aliphatic hydroxyl groups is 1. The molecule has 0 unspecified atom stereocenters. The van der Waals surface area contributed by atoms with E-state index in [1.54, 1.807) is 12.5 Å². The second-order valence-corrected chi connectivity index (χ2v) is 10.3. The summed E-state index contributed by atoms with van der Waals surface area (Å²) in [5.41, 5.74) is 4.38. The number of amides is 1. The Bertz CT molecular complexity index is 1380. The van der Waals surface area contributed by atoms with Gasteiger partial charge in [0.1, 0.15) is 11.4 Å². The Morgan fingerprint density at radius 2 is 1.80 bits per heavy atom. The van der Waals surface area contributed by atoms with E-state index in [0.29, 0.717) is 23.9 Å². The normalized spacial score (nSPS) is 16.9. The van der Waals surface area contributed by atoms with Crippen molar-refractivity contribution >= 4 is 17.7 Å². The fraction of sp³-hybridized carbons (Fsp3) is 0.355. The van der Waals surface area contributed by atoms with E-state index >= 15 is 0 Å². The highest BCUT2D eigenvalue weighted by molar-refractivity contribution is 5.98. The van der Waals surface area contributed by atoms with Crippen molar-refractivity contribution < 1.29 is 9.90 Å².